The van der Waals surface area contributed by atoms with Crippen molar-refractivity contribution in [2.45, 2.75) is 50.5 Å². The summed E-state index contributed by atoms with van der Waals surface area (Å²) in [6.07, 6.45) is 7.28. The van der Waals surface area contributed by atoms with Gasteiger partial charge in [-0.25, -0.2) is 0 Å². The van der Waals surface area contributed by atoms with Crippen molar-refractivity contribution in [3.05, 3.63) is 0 Å². The minimum atomic E-state index is -0.587. The molecule has 0 heterocycles. The van der Waals surface area contributed by atoms with Gasteiger partial charge in [0.25, 0.3) is 0 Å². The predicted molar refractivity (Wildman–Crippen MR) is 52.7 cm³/mol. The second kappa shape index (κ2) is 2.82. The van der Waals surface area contributed by atoms with Gasteiger partial charge in [-0.1, -0.05) is 19.3 Å². The molecule has 0 bridgehead atoms. The molecule has 3 rings (SSSR count). The molecule has 0 aromatic heterocycles. The van der Waals surface area contributed by atoms with Crippen molar-refractivity contribution in [3.63, 3.8) is 0 Å². The Morgan fingerprint density at radius 3 is 2.93 bits per heavy atom. The largest absolute Gasteiger partial charge is 0.389 e. The first-order chi connectivity index (χ1) is 6.71. The molecule has 3 saturated carbocycles. The zero-order chi connectivity index (χ0) is 9.76. The number of rotatable bonds is 0. The maximum absolute atomic E-state index is 11.8. The Morgan fingerprint density at radius 2 is 2.07 bits per heavy atom. The van der Waals surface area contributed by atoms with Crippen LogP contribution in [0.5, 0.6) is 0 Å². The van der Waals surface area contributed by atoms with E-state index in [0.717, 1.165) is 12.8 Å². The van der Waals surface area contributed by atoms with Crippen molar-refractivity contribution in [2.24, 2.45) is 17.8 Å². The molecule has 2 nitrogen and oxygen atoms in total. The summed E-state index contributed by atoms with van der Waals surface area (Å²) >= 11 is 0. The molecule has 0 radical (unpaired) electrons. The van der Waals surface area contributed by atoms with E-state index in [4.69, 9.17) is 0 Å². The first-order valence-electron chi connectivity index (χ1n) is 5.96. The van der Waals surface area contributed by atoms with Gasteiger partial charge in [0.2, 0.25) is 0 Å². The third kappa shape index (κ3) is 1.04. The van der Waals surface area contributed by atoms with E-state index in [0.29, 0.717) is 24.0 Å². The lowest BCUT2D eigenvalue weighted by molar-refractivity contribution is -0.125. The number of hydrogen-bond acceptors (Lipinski definition) is 2. The van der Waals surface area contributed by atoms with Crippen molar-refractivity contribution in [2.75, 3.05) is 0 Å². The fourth-order valence-corrected chi connectivity index (χ4v) is 4.20. The summed E-state index contributed by atoms with van der Waals surface area (Å²) in [7, 11) is 0. The number of Topliss-reactive ketones (excluding diaryl/α,β-unsaturated/α-hetero) is 1. The van der Waals surface area contributed by atoms with E-state index in [2.05, 4.69) is 0 Å². The van der Waals surface area contributed by atoms with Crippen LogP contribution in [0.3, 0.4) is 0 Å². The van der Waals surface area contributed by atoms with Crippen molar-refractivity contribution >= 4 is 5.78 Å². The van der Waals surface area contributed by atoms with Gasteiger partial charge in [-0.2, -0.15) is 0 Å². The van der Waals surface area contributed by atoms with Crippen LogP contribution in [0.25, 0.3) is 0 Å². The van der Waals surface area contributed by atoms with Crippen LogP contribution in [-0.2, 0) is 4.79 Å². The summed E-state index contributed by atoms with van der Waals surface area (Å²) in [6.45, 7) is 0. The van der Waals surface area contributed by atoms with Crippen LogP contribution in [0.2, 0.25) is 0 Å². The van der Waals surface area contributed by atoms with Crippen LogP contribution in [0.15, 0.2) is 0 Å². The quantitative estimate of drug-likeness (QED) is 0.639. The van der Waals surface area contributed by atoms with Crippen molar-refractivity contribution in [1.29, 1.82) is 0 Å². The zero-order valence-corrected chi connectivity index (χ0v) is 8.54. The van der Waals surface area contributed by atoms with E-state index >= 15 is 0 Å². The Bertz CT molecular complexity index is 273. The minimum absolute atomic E-state index is 0.0211. The van der Waals surface area contributed by atoms with Gasteiger partial charge in [-0.3, -0.25) is 4.79 Å². The van der Waals surface area contributed by atoms with Gasteiger partial charge in [-0.05, 0) is 31.1 Å². The first kappa shape index (κ1) is 8.90. The maximum atomic E-state index is 11.8. The van der Waals surface area contributed by atoms with Crippen molar-refractivity contribution < 1.29 is 9.90 Å². The van der Waals surface area contributed by atoms with E-state index in [-0.39, 0.29) is 5.92 Å². The van der Waals surface area contributed by atoms with Gasteiger partial charge in [-0.15, -0.1) is 0 Å². The fourth-order valence-electron chi connectivity index (χ4n) is 4.20. The highest BCUT2D eigenvalue weighted by atomic mass is 16.3. The first-order valence-corrected chi connectivity index (χ1v) is 5.96. The summed E-state index contributed by atoms with van der Waals surface area (Å²) in [4.78, 5) is 11.8. The van der Waals surface area contributed by atoms with Crippen molar-refractivity contribution in [3.8, 4) is 0 Å². The van der Waals surface area contributed by atoms with Crippen LogP contribution in [-0.4, -0.2) is 16.5 Å². The molecular formula is C12H18O2. The average molecular weight is 194 g/mol. The van der Waals surface area contributed by atoms with Crippen LogP contribution < -0.4 is 0 Å². The second-order valence-electron chi connectivity index (χ2n) is 5.46. The highest BCUT2D eigenvalue weighted by molar-refractivity contribution is 5.85. The lowest BCUT2D eigenvalue weighted by atomic mass is 9.77. The summed E-state index contributed by atoms with van der Waals surface area (Å²) < 4.78 is 0. The normalized spacial score (nSPS) is 51.8. The highest BCUT2D eigenvalue weighted by Gasteiger charge is 2.58. The zero-order valence-electron chi connectivity index (χ0n) is 8.54. The molecule has 3 fully saturated rings. The lowest BCUT2D eigenvalue weighted by Gasteiger charge is -2.28. The molecule has 0 aromatic rings. The standard InChI is InChI=1S/C12H18O2/c13-10-5-6-12(14)7-8-3-1-2-4-9(8)11(10)12/h8-9,11,14H,1-7H2/t8-,9?,11-,12+/m1/s1. The summed E-state index contributed by atoms with van der Waals surface area (Å²) in [6, 6.07) is 0. The predicted octanol–water partition coefficient (Wildman–Crippen LogP) is 1.91. The summed E-state index contributed by atoms with van der Waals surface area (Å²) in [5, 5.41) is 10.4. The second-order valence-corrected chi connectivity index (χ2v) is 5.46. The van der Waals surface area contributed by atoms with Gasteiger partial charge in [0.1, 0.15) is 5.78 Å². The SMILES string of the molecule is O=C1CC[C@]2(O)C[C@H]3CCCCC3[C@H]12. The monoisotopic (exact) mass is 194 g/mol. The number of carbonyl (C=O) groups excluding carboxylic acids is 1. The van der Waals surface area contributed by atoms with Crippen LogP contribution >= 0.6 is 0 Å². The molecule has 3 aliphatic carbocycles. The topological polar surface area (TPSA) is 37.3 Å². The molecule has 0 aliphatic heterocycles. The van der Waals surface area contributed by atoms with E-state index in [9.17, 15) is 9.90 Å². The van der Waals surface area contributed by atoms with E-state index in [1.54, 1.807) is 0 Å². The maximum Gasteiger partial charge on any atom is 0.139 e. The van der Waals surface area contributed by atoms with Gasteiger partial charge in [0.05, 0.1) is 5.60 Å². The van der Waals surface area contributed by atoms with Gasteiger partial charge in [0, 0.05) is 12.3 Å². The molecule has 0 saturated heterocycles. The van der Waals surface area contributed by atoms with Gasteiger partial charge >= 0.3 is 0 Å². The highest BCUT2D eigenvalue weighted by Crippen LogP contribution is 2.56. The smallest absolute Gasteiger partial charge is 0.139 e. The van der Waals surface area contributed by atoms with E-state index in [1.165, 1.54) is 25.7 Å². The third-order valence-corrected chi connectivity index (χ3v) is 4.74. The van der Waals surface area contributed by atoms with Crippen LogP contribution in [0.1, 0.15) is 44.9 Å². The van der Waals surface area contributed by atoms with E-state index < -0.39 is 5.60 Å². The van der Waals surface area contributed by atoms with Gasteiger partial charge in [0.15, 0.2) is 0 Å². The molecule has 0 amide bonds. The molecule has 1 unspecified atom stereocenters. The molecule has 0 aromatic carbocycles. The number of hydrogen-bond donors (Lipinski definition) is 1. The Morgan fingerprint density at radius 1 is 1.29 bits per heavy atom. The number of fused-ring (bicyclic) bond motifs is 3. The lowest BCUT2D eigenvalue weighted by Crippen LogP contribution is -2.33. The van der Waals surface area contributed by atoms with Gasteiger partial charge < -0.3 is 5.11 Å². The molecule has 0 spiro atoms. The third-order valence-electron chi connectivity index (χ3n) is 4.74. The van der Waals surface area contributed by atoms with Crippen LogP contribution in [0, 0.1) is 17.8 Å². The summed E-state index contributed by atoms with van der Waals surface area (Å²) in [5.74, 6) is 1.56. The molecule has 2 heteroatoms. The molecular weight excluding hydrogens is 176 g/mol. The molecule has 3 aliphatic rings. The molecule has 4 atom stereocenters. The number of ketones is 1. The minimum Gasteiger partial charge on any atom is -0.389 e. The Hall–Kier alpha value is -0.370. The number of carbonyl (C=O) groups is 1. The molecule has 78 valence electrons. The molecule has 1 N–H and O–H groups in total. The average Bonchev–Trinajstić information content (AvgIpc) is 2.60. The fraction of sp³-hybridized carbons (Fsp3) is 0.917. The van der Waals surface area contributed by atoms with Crippen molar-refractivity contribution in [1.82, 2.24) is 0 Å². The Labute approximate surface area is 84.7 Å². The molecule has 14 heavy (non-hydrogen) atoms. The Kier molecular flexibility index (Phi) is 1.79. The number of aliphatic hydroxyl groups is 1. The Balaban J connectivity index is 1.92. The van der Waals surface area contributed by atoms with E-state index in [1.807, 2.05) is 0 Å². The summed E-state index contributed by atoms with van der Waals surface area (Å²) in [5.41, 5.74) is -0.587. The van der Waals surface area contributed by atoms with Crippen LogP contribution in [0.4, 0.5) is 0 Å².